The van der Waals surface area contributed by atoms with E-state index in [0.717, 1.165) is 0 Å². The van der Waals surface area contributed by atoms with E-state index >= 15 is 0 Å². The molecule has 0 N–H and O–H groups in total. The van der Waals surface area contributed by atoms with E-state index in [4.69, 9.17) is 61.9 Å². The van der Waals surface area contributed by atoms with E-state index < -0.39 is 23.9 Å². The Kier molecular flexibility index (Phi) is 9.48. The van der Waals surface area contributed by atoms with Gasteiger partial charge in [0.05, 0.1) is 0 Å². The summed E-state index contributed by atoms with van der Waals surface area (Å²) in [6.45, 7) is 8.28. The van der Waals surface area contributed by atoms with Crippen molar-refractivity contribution < 1.29 is 31.7 Å². The number of rotatable bonds is 12. The average molecular weight is 553 g/mol. The Morgan fingerprint density at radius 3 is 1.75 bits per heavy atom. The topological polar surface area (TPSA) is 84.8 Å². The zero-order valence-electron chi connectivity index (χ0n) is 18.8. The SMILES string of the molecule is CCOP(=O)(OCC)C1(C(Cl)(Cl)Cl)N=C(c2ccccc2)OP1(OCC)(OCC)OCC. The first-order valence-corrected chi connectivity index (χ1v) is 14.9. The van der Waals surface area contributed by atoms with Crippen molar-refractivity contribution in [2.75, 3.05) is 33.0 Å². The van der Waals surface area contributed by atoms with Gasteiger partial charge < -0.3 is 0 Å². The molecule has 1 aliphatic rings. The fraction of sp³-hybridized carbons (Fsp3) is 0.632. The van der Waals surface area contributed by atoms with Crippen LogP contribution in [0.15, 0.2) is 35.3 Å². The van der Waals surface area contributed by atoms with E-state index in [0.29, 0.717) is 5.56 Å². The molecule has 0 aliphatic carbocycles. The summed E-state index contributed by atoms with van der Waals surface area (Å²) in [4.78, 5) is 4.62. The van der Waals surface area contributed by atoms with Gasteiger partial charge in [0.1, 0.15) is 0 Å². The summed E-state index contributed by atoms with van der Waals surface area (Å²) < 4.78 is 48.2. The van der Waals surface area contributed by atoms with Crippen LogP contribution in [0.1, 0.15) is 40.2 Å². The summed E-state index contributed by atoms with van der Waals surface area (Å²) in [7, 11) is -9.66. The maximum atomic E-state index is 14.5. The van der Waals surface area contributed by atoms with Crippen LogP contribution in [0, 0.1) is 0 Å². The van der Waals surface area contributed by atoms with E-state index in [1.54, 1.807) is 58.9 Å². The second-order valence-corrected chi connectivity index (χ2v) is 14.4. The summed E-state index contributed by atoms with van der Waals surface area (Å²) in [6.07, 6.45) is 0. The molecule has 0 saturated heterocycles. The van der Waals surface area contributed by atoms with Crippen LogP contribution in [0.25, 0.3) is 0 Å². The van der Waals surface area contributed by atoms with Crippen LogP contribution in [0.4, 0.5) is 0 Å². The van der Waals surface area contributed by atoms with Gasteiger partial charge in [0.25, 0.3) is 0 Å². The minimum absolute atomic E-state index is 0.0101. The zero-order chi connectivity index (χ0) is 24.1. The predicted molar refractivity (Wildman–Crippen MR) is 130 cm³/mol. The van der Waals surface area contributed by atoms with Crippen molar-refractivity contribution in [3.8, 4) is 0 Å². The molecular formula is C19H30Cl3NO7P2. The van der Waals surface area contributed by atoms with Gasteiger partial charge in [-0.2, -0.15) is 0 Å². The number of alkyl halides is 3. The van der Waals surface area contributed by atoms with Crippen LogP contribution in [-0.2, 0) is 31.7 Å². The molecule has 2 rings (SSSR count). The van der Waals surface area contributed by atoms with E-state index in [9.17, 15) is 4.57 Å². The second-order valence-electron chi connectivity index (χ2n) is 6.41. The van der Waals surface area contributed by atoms with Crippen molar-refractivity contribution >= 4 is 55.8 Å². The fourth-order valence-corrected chi connectivity index (χ4v) is 13.6. The van der Waals surface area contributed by atoms with Crippen molar-refractivity contribution in [1.29, 1.82) is 0 Å². The molecule has 32 heavy (non-hydrogen) atoms. The number of hydrogen-bond donors (Lipinski definition) is 0. The van der Waals surface area contributed by atoms with E-state index in [1.165, 1.54) is 0 Å². The van der Waals surface area contributed by atoms with Crippen molar-refractivity contribution in [1.82, 2.24) is 0 Å². The Labute approximate surface area is 204 Å². The molecule has 0 aromatic heterocycles. The first-order chi connectivity index (χ1) is 15.1. The molecule has 0 saturated carbocycles. The van der Waals surface area contributed by atoms with E-state index in [1.807, 2.05) is 6.07 Å². The first kappa shape index (κ1) is 28.3. The molecule has 0 amide bonds. The Morgan fingerprint density at radius 1 is 0.906 bits per heavy atom. The third kappa shape index (κ3) is 4.37. The van der Waals surface area contributed by atoms with Gasteiger partial charge in [-0.25, -0.2) is 0 Å². The summed E-state index contributed by atoms with van der Waals surface area (Å²) in [5.74, 6) is -0.0235. The van der Waals surface area contributed by atoms with Gasteiger partial charge in [-0.1, -0.05) is 0 Å². The molecule has 1 aliphatic heterocycles. The van der Waals surface area contributed by atoms with Gasteiger partial charge in [0.15, 0.2) is 0 Å². The van der Waals surface area contributed by atoms with Gasteiger partial charge >= 0.3 is 205 Å². The van der Waals surface area contributed by atoms with E-state index in [-0.39, 0.29) is 38.9 Å². The van der Waals surface area contributed by atoms with Crippen LogP contribution in [-0.4, -0.2) is 47.7 Å². The van der Waals surface area contributed by atoms with Crippen molar-refractivity contribution in [2.24, 2.45) is 4.99 Å². The number of hydrogen-bond acceptors (Lipinski definition) is 8. The molecular weight excluding hydrogens is 523 g/mol. The van der Waals surface area contributed by atoms with Crippen LogP contribution in [0.3, 0.4) is 0 Å². The molecule has 1 atom stereocenters. The second kappa shape index (κ2) is 10.7. The van der Waals surface area contributed by atoms with Crippen molar-refractivity contribution in [3.63, 3.8) is 0 Å². The summed E-state index contributed by atoms with van der Waals surface area (Å²) in [6, 6.07) is 8.83. The molecule has 0 fully saturated rings. The number of aliphatic imine (C=N–C) groups is 1. The normalized spacial score (nSPS) is 23.8. The van der Waals surface area contributed by atoms with Gasteiger partial charge in [0, 0.05) is 0 Å². The molecule has 1 unspecified atom stereocenters. The molecule has 13 heteroatoms. The standard InChI is InChI=1S/C19H30Cl3NO7P2/c1-6-25-31(24,26-7-2)19(18(20,21)22)23-17(16-14-12-11-13-15-16)30-32(19,27-8-3,28-9-4)29-10-5/h11-15H,6-10H2,1-5H3. The number of nitrogens with zero attached hydrogens (tertiary/aromatic N) is 1. The molecule has 1 heterocycles. The fourth-order valence-electron chi connectivity index (χ4n) is 3.53. The molecule has 0 spiro atoms. The summed E-state index contributed by atoms with van der Waals surface area (Å²) in [5.41, 5.74) is 0.510. The number of halogens is 3. The Balaban J connectivity index is 3.08. The van der Waals surface area contributed by atoms with E-state index in [2.05, 4.69) is 4.99 Å². The third-order valence-electron chi connectivity index (χ3n) is 4.45. The maximum absolute atomic E-state index is 14.5. The monoisotopic (exact) mass is 551 g/mol. The Hall–Kier alpha value is 0.0200. The molecule has 8 nitrogen and oxygen atoms in total. The predicted octanol–water partition coefficient (Wildman–Crippen LogP) is 7.08. The van der Waals surface area contributed by atoms with Gasteiger partial charge in [-0.3, -0.25) is 0 Å². The van der Waals surface area contributed by atoms with Crippen LogP contribution >= 0.6 is 49.9 Å². The third-order valence-corrected chi connectivity index (χ3v) is 14.2. The van der Waals surface area contributed by atoms with Crippen molar-refractivity contribution in [2.45, 2.75) is 43.4 Å². The molecule has 184 valence electrons. The average Bonchev–Trinajstić information content (AvgIpc) is 3.03. The van der Waals surface area contributed by atoms with Crippen molar-refractivity contribution in [3.05, 3.63) is 35.9 Å². The minimum atomic E-state index is -5.19. The zero-order valence-corrected chi connectivity index (χ0v) is 22.8. The van der Waals surface area contributed by atoms with Gasteiger partial charge in [0.2, 0.25) is 0 Å². The first-order valence-electron chi connectivity index (χ1n) is 10.3. The molecule has 0 bridgehead atoms. The Morgan fingerprint density at radius 2 is 1.38 bits per heavy atom. The quantitative estimate of drug-likeness (QED) is 0.202. The molecule has 1 aromatic carbocycles. The van der Waals surface area contributed by atoms with Gasteiger partial charge in [-0.05, 0) is 0 Å². The Bertz CT molecular complexity index is 823. The molecule has 0 radical (unpaired) electrons. The number of benzene rings is 1. The van der Waals surface area contributed by atoms with Crippen LogP contribution in [0.2, 0.25) is 0 Å². The molecule has 1 aromatic rings. The van der Waals surface area contributed by atoms with Gasteiger partial charge in [-0.15, -0.1) is 0 Å². The summed E-state index contributed by atoms with van der Waals surface area (Å²) in [5, 5.41) is -2.44. The van der Waals surface area contributed by atoms with Crippen LogP contribution < -0.4 is 0 Å². The van der Waals surface area contributed by atoms with Crippen LogP contribution in [0.5, 0.6) is 0 Å². The summed E-state index contributed by atoms with van der Waals surface area (Å²) >= 11 is 19.8.